The predicted octanol–water partition coefficient (Wildman–Crippen LogP) is 2.06. The first-order valence-corrected chi connectivity index (χ1v) is 5.02. The number of rotatable bonds is 4. The molecular weight excluding hydrogens is 192 g/mol. The number of benzene rings is 1. The Labute approximate surface area is 89.7 Å². The van der Waals surface area contributed by atoms with Crippen molar-refractivity contribution in [1.82, 2.24) is 0 Å². The Hall–Kier alpha value is -1.35. The molecule has 1 N–H and O–H groups in total. The van der Waals surface area contributed by atoms with Crippen molar-refractivity contribution < 1.29 is 14.6 Å². The molecule has 0 aromatic heterocycles. The van der Waals surface area contributed by atoms with Gasteiger partial charge < -0.3 is 9.84 Å². The van der Waals surface area contributed by atoms with Crippen LogP contribution in [-0.4, -0.2) is 17.2 Å². The lowest BCUT2D eigenvalue weighted by Gasteiger charge is -2.12. The average Bonchev–Trinajstić information content (AvgIpc) is 2.17. The first kappa shape index (κ1) is 11.7. The van der Waals surface area contributed by atoms with E-state index in [9.17, 15) is 9.90 Å². The Morgan fingerprint density at radius 1 is 1.33 bits per heavy atom. The third-order valence-electron chi connectivity index (χ3n) is 1.91. The minimum atomic E-state index is -0.780. The summed E-state index contributed by atoms with van der Waals surface area (Å²) in [6, 6.07) is 9.09. The van der Waals surface area contributed by atoms with Crippen molar-refractivity contribution in [2.45, 2.75) is 32.5 Å². The molecule has 3 nitrogen and oxygen atoms in total. The lowest BCUT2D eigenvalue weighted by Crippen LogP contribution is -2.14. The molecule has 3 heteroatoms. The van der Waals surface area contributed by atoms with Gasteiger partial charge in [0.25, 0.3) is 0 Å². The van der Waals surface area contributed by atoms with E-state index in [4.69, 9.17) is 4.74 Å². The number of hydrogen-bond acceptors (Lipinski definition) is 3. The molecule has 1 rings (SSSR count). The standard InChI is InChI=1S/C12H16O3/c1-9(2)15-12(14)8-11(13)10-6-4-3-5-7-10/h3-7,9,11,13H,8H2,1-2H3/t11-/m1/s1. The summed E-state index contributed by atoms with van der Waals surface area (Å²) < 4.78 is 4.94. The second kappa shape index (κ2) is 5.51. The monoisotopic (exact) mass is 208 g/mol. The zero-order valence-corrected chi connectivity index (χ0v) is 9.01. The van der Waals surface area contributed by atoms with E-state index in [1.54, 1.807) is 26.0 Å². The molecule has 15 heavy (non-hydrogen) atoms. The number of aliphatic hydroxyl groups excluding tert-OH is 1. The Bertz CT molecular complexity index is 306. The molecule has 0 saturated heterocycles. The molecule has 1 aromatic rings. The molecule has 82 valence electrons. The van der Waals surface area contributed by atoms with E-state index < -0.39 is 6.10 Å². The summed E-state index contributed by atoms with van der Waals surface area (Å²) in [5, 5.41) is 9.70. The van der Waals surface area contributed by atoms with Gasteiger partial charge in [0, 0.05) is 0 Å². The summed E-state index contributed by atoms with van der Waals surface area (Å²) in [6.07, 6.45) is -0.916. The highest BCUT2D eigenvalue weighted by atomic mass is 16.5. The van der Waals surface area contributed by atoms with Gasteiger partial charge in [0.05, 0.1) is 18.6 Å². The van der Waals surface area contributed by atoms with E-state index in [-0.39, 0.29) is 18.5 Å². The van der Waals surface area contributed by atoms with Gasteiger partial charge in [0.2, 0.25) is 0 Å². The van der Waals surface area contributed by atoms with Gasteiger partial charge in [0.15, 0.2) is 0 Å². The maximum atomic E-state index is 11.3. The summed E-state index contributed by atoms with van der Waals surface area (Å²) in [4.78, 5) is 11.3. The van der Waals surface area contributed by atoms with Crippen LogP contribution in [-0.2, 0) is 9.53 Å². The molecule has 0 amide bonds. The van der Waals surface area contributed by atoms with Gasteiger partial charge in [-0.15, -0.1) is 0 Å². The molecule has 0 heterocycles. The Kier molecular flexibility index (Phi) is 4.31. The van der Waals surface area contributed by atoms with Crippen LogP contribution in [0.4, 0.5) is 0 Å². The van der Waals surface area contributed by atoms with Crippen LogP contribution in [0.3, 0.4) is 0 Å². The molecule has 0 aliphatic carbocycles. The van der Waals surface area contributed by atoms with Crippen molar-refractivity contribution in [2.75, 3.05) is 0 Å². The number of carbonyl (C=O) groups excluding carboxylic acids is 1. The molecule has 0 saturated carbocycles. The molecule has 0 aliphatic heterocycles. The van der Waals surface area contributed by atoms with Gasteiger partial charge in [-0.1, -0.05) is 30.3 Å². The highest BCUT2D eigenvalue weighted by Crippen LogP contribution is 2.16. The van der Waals surface area contributed by atoms with Crippen molar-refractivity contribution in [3.8, 4) is 0 Å². The maximum absolute atomic E-state index is 11.3. The lowest BCUT2D eigenvalue weighted by atomic mass is 10.1. The van der Waals surface area contributed by atoms with Crippen LogP contribution < -0.4 is 0 Å². The quantitative estimate of drug-likeness (QED) is 0.770. The SMILES string of the molecule is CC(C)OC(=O)C[C@@H](O)c1ccccc1. The van der Waals surface area contributed by atoms with Crippen LogP contribution in [0.5, 0.6) is 0 Å². The lowest BCUT2D eigenvalue weighted by molar-refractivity contribution is -0.149. The zero-order chi connectivity index (χ0) is 11.3. The van der Waals surface area contributed by atoms with Crippen molar-refractivity contribution in [2.24, 2.45) is 0 Å². The largest absolute Gasteiger partial charge is 0.463 e. The second-order valence-corrected chi connectivity index (χ2v) is 3.67. The molecule has 0 fully saturated rings. The van der Waals surface area contributed by atoms with Crippen LogP contribution in [0.1, 0.15) is 31.9 Å². The van der Waals surface area contributed by atoms with Crippen LogP contribution >= 0.6 is 0 Å². The fourth-order valence-corrected chi connectivity index (χ4v) is 1.26. The van der Waals surface area contributed by atoms with Gasteiger partial charge in [-0.3, -0.25) is 4.79 Å². The van der Waals surface area contributed by atoms with Gasteiger partial charge in [0.1, 0.15) is 0 Å². The van der Waals surface area contributed by atoms with E-state index in [2.05, 4.69) is 0 Å². The molecule has 0 bridgehead atoms. The topological polar surface area (TPSA) is 46.5 Å². The normalized spacial score (nSPS) is 12.5. The predicted molar refractivity (Wildman–Crippen MR) is 57.2 cm³/mol. The number of esters is 1. The second-order valence-electron chi connectivity index (χ2n) is 3.67. The number of aliphatic hydroxyl groups is 1. The van der Waals surface area contributed by atoms with E-state index in [0.717, 1.165) is 5.56 Å². The summed E-state index contributed by atoms with van der Waals surface area (Å²) in [5.41, 5.74) is 0.734. The zero-order valence-electron chi connectivity index (χ0n) is 9.01. The molecule has 0 radical (unpaired) electrons. The van der Waals surface area contributed by atoms with Crippen molar-refractivity contribution in [3.05, 3.63) is 35.9 Å². The first-order chi connectivity index (χ1) is 7.09. The summed E-state index contributed by atoms with van der Waals surface area (Å²) in [6.45, 7) is 3.57. The Morgan fingerprint density at radius 2 is 1.93 bits per heavy atom. The van der Waals surface area contributed by atoms with Crippen molar-refractivity contribution in [1.29, 1.82) is 0 Å². The van der Waals surface area contributed by atoms with Crippen LogP contribution in [0, 0.1) is 0 Å². The van der Waals surface area contributed by atoms with E-state index in [0.29, 0.717) is 0 Å². The molecule has 0 spiro atoms. The average molecular weight is 208 g/mol. The van der Waals surface area contributed by atoms with Crippen molar-refractivity contribution >= 4 is 5.97 Å². The summed E-state index contributed by atoms with van der Waals surface area (Å²) in [5.74, 6) is -0.374. The van der Waals surface area contributed by atoms with Crippen LogP contribution in [0.2, 0.25) is 0 Å². The van der Waals surface area contributed by atoms with E-state index in [1.165, 1.54) is 0 Å². The molecule has 0 aliphatic rings. The fourth-order valence-electron chi connectivity index (χ4n) is 1.26. The van der Waals surface area contributed by atoms with Gasteiger partial charge in [-0.05, 0) is 19.4 Å². The fraction of sp³-hybridized carbons (Fsp3) is 0.417. The molecular formula is C12H16O3. The third-order valence-corrected chi connectivity index (χ3v) is 1.91. The summed E-state index contributed by atoms with van der Waals surface area (Å²) >= 11 is 0. The minimum Gasteiger partial charge on any atom is -0.463 e. The maximum Gasteiger partial charge on any atom is 0.309 e. The van der Waals surface area contributed by atoms with Crippen LogP contribution in [0.25, 0.3) is 0 Å². The highest BCUT2D eigenvalue weighted by Gasteiger charge is 2.14. The molecule has 1 aromatic carbocycles. The number of ether oxygens (including phenoxy) is 1. The highest BCUT2D eigenvalue weighted by molar-refractivity contribution is 5.70. The smallest absolute Gasteiger partial charge is 0.309 e. The third kappa shape index (κ3) is 4.13. The van der Waals surface area contributed by atoms with Gasteiger partial charge in [-0.25, -0.2) is 0 Å². The Balaban J connectivity index is 2.49. The van der Waals surface area contributed by atoms with Crippen LogP contribution in [0.15, 0.2) is 30.3 Å². The Morgan fingerprint density at radius 3 is 2.47 bits per heavy atom. The van der Waals surface area contributed by atoms with Crippen molar-refractivity contribution in [3.63, 3.8) is 0 Å². The van der Waals surface area contributed by atoms with Gasteiger partial charge >= 0.3 is 5.97 Å². The molecule has 1 atom stereocenters. The number of carbonyl (C=O) groups is 1. The van der Waals surface area contributed by atoms with E-state index >= 15 is 0 Å². The van der Waals surface area contributed by atoms with Gasteiger partial charge in [-0.2, -0.15) is 0 Å². The number of hydrogen-bond donors (Lipinski definition) is 1. The minimum absolute atomic E-state index is 0.00218. The molecule has 0 unspecified atom stereocenters. The summed E-state index contributed by atoms with van der Waals surface area (Å²) in [7, 11) is 0. The van der Waals surface area contributed by atoms with E-state index in [1.807, 2.05) is 18.2 Å². The first-order valence-electron chi connectivity index (χ1n) is 5.02.